The standard InChI is InChI=1S/C19H27N3OS/c1-3-17-5-7-18(8-6-17)20-19-22(16(2)15-24-19)10-4-9-21-11-13-23-14-12-21/h5-8,15H,3-4,9-14H2,1-2H3. The fourth-order valence-corrected chi connectivity index (χ4v) is 3.89. The van der Waals surface area contributed by atoms with Gasteiger partial charge < -0.3 is 9.30 Å². The zero-order valence-corrected chi connectivity index (χ0v) is 15.5. The summed E-state index contributed by atoms with van der Waals surface area (Å²) in [4.78, 5) is 8.44. The lowest BCUT2D eigenvalue weighted by Crippen LogP contribution is -2.37. The number of thiazole rings is 1. The smallest absolute Gasteiger partial charge is 0.190 e. The van der Waals surface area contributed by atoms with Gasteiger partial charge in [-0.15, -0.1) is 11.3 Å². The lowest BCUT2D eigenvalue weighted by Gasteiger charge is -2.26. The molecule has 0 N–H and O–H groups in total. The Morgan fingerprint density at radius 2 is 1.88 bits per heavy atom. The second-order valence-corrected chi connectivity index (χ2v) is 7.09. The van der Waals surface area contributed by atoms with E-state index in [2.05, 4.69) is 53.0 Å². The number of benzene rings is 1. The largest absolute Gasteiger partial charge is 0.379 e. The van der Waals surface area contributed by atoms with E-state index in [1.807, 2.05) is 0 Å². The van der Waals surface area contributed by atoms with E-state index in [9.17, 15) is 0 Å². The fraction of sp³-hybridized carbons (Fsp3) is 0.526. The molecule has 1 aromatic carbocycles. The van der Waals surface area contributed by atoms with Gasteiger partial charge in [-0.1, -0.05) is 19.1 Å². The molecule has 0 aliphatic carbocycles. The Labute approximate surface area is 148 Å². The van der Waals surface area contributed by atoms with E-state index in [1.54, 1.807) is 11.3 Å². The van der Waals surface area contributed by atoms with Gasteiger partial charge in [-0.05, 0) is 37.5 Å². The van der Waals surface area contributed by atoms with Crippen LogP contribution in [0.3, 0.4) is 0 Å². The van der Waals surface area contributed by atoms with Crippen LogP contribution in [0.4, 0.5) is 5.69 Å². The maximum absolute atomic E-state index is 5.41. The Morgan fingerprint density at radius 1 is 1.12 bits per heavy atom. The van der Waals surface area contributed by atoms with Crippen LogP contribution in [0.2, 0.25) is 0 Å². The third-order valence-corrected chi connectivity index (χ3v) is 5.50. The predicted octanol–water partition coefficient (Wildman–Crippen LogP) is 3.38. The first-order valence-electron chi connectivity index (χ1n) is 8.85. The normalized spacial score (nSPS) is 16.7. The molecule has 2 aromatic rings. The third-order valence-electron chi connectivity index (χ3n) is 4.52. The van der Waals surface area contributed by atoms with Crippen LogP contribution in [0.1, 0.15) is 24.6 Å². The number of nitrogens with zero attached hydrogens (tertiary/aromatic N) is 3. The molecule has 1 saturated heterocycles. The molecule has 5 heteroatoms. The highest BCUT2D eigenvalue weighted by atomic mass is 32.1. The molecule has 0 radical (unpaired) electrons. The van der Waals surface area contributed by atoms with Crippen molar-refractivity contribution >= 4 is 17.0 Å². The monoisotopic (exact) mass is 345 g/mol. The van der Waals surface area contributed by atoms with E-state index in [0.717, 1.165) is 62.7 Å². The Bertz CT molecular complexity index is 696. The van der Waals surface area contributed by atoms with Crippen molar-refractivity contribution < 1.29 is 4.74 Å². The highest BCUT2D eigenvalue weighted by molar-refractivity contribution is 7.07. The van der Waals surface area contributed by atoms with Crippen LogP contribution < -0.4 is 4.80 Å². The topological polar surface area (TPSA) is 29.8 Å². The highest BCUT2D eigenvalue weighted by Gasteiger charge is 2.10. The summed E-state index contributed by atoms with van der Waals surface area (Å²) in [5, 5.41) is 2.20. The minimum absolute atomic E-state index is 0.874. The van der Waals surface area contributed by atoms with Gasteiger partial charge in [0, 0.05) is 37.3 Å². The van der Waals surface area contributed by atoms with Crippen LogP contribution in [0.25, 0.3) is 0 Å². The maximum atomic E-state index is 5.41. The van der Waals surface area contributed by atoms with Crippen molar-refractivity contribution in [3.8, 4) is 0 Å². The van der Waals surface area contributed by atoms with Gasteiger partial charge in [-0.2, -0.15) is 0 Å². The third kappa shape index (κ3) is 4.56. The minimum Gasteiger partial charge on any atom is -0.379 e. The van der Waals surface area contributed by atoms with Crippen LogP contribution in [0, 0.1) is 6.92 Å². The molecule has 0 bridgehead atoms. The summed E-state index contributed by atoms with van der Waals surface area (Å²) >= 11 is 1.73. The van der Waals surface area contributed by atoms with Crippen molar-refractivity contribution in [2.45, 2.75) is 33.2 Å². The molecule has 1 fully saturated rings. The first kappa shape index (κ1) is 17.4. The number of hydrogen-bond donors (Lipinski definition) is 0. The minimum atomic E-state index is 0.874. The summed E-state index contributed by atoms with van der Waals surface area (Å²) in [7, 11) is 0. The molecule has 24 heavy (non-hydrogen) atoms. The van der Waals surface area contributed by atoms with Crippen LogP contribution in [-0.2, 0) is 17.7 Å². The zero-order chi connectivity index (χ0) is 16.8. The summed E-state index contributed by atoms with van der Waals surface area (Å²) in [6.07, 6.45) is 2.22. The molecule has 0 amide bonds. The van der Waals surface area contributed by atoms with Crippen molar-refractivity contribution in [3.63, 3.8) is 0 Å². The van der Waals surface area contributed by atoms with Crippen LogP contribution in [0.15, 0.2) is 34.6 Å². The van der Waals surface area contributed by atoms with Crippen LogP contribution in [0.5, 0.6) is 0 Å². The van der Waals surface area contributed by atoms with Crippen molar-refractivity contribution in [1.29, 1.82) is 0 Å². The SMILES string of the molecule is CCc1ccc(N=c2scc(C)n2CCCN2CCOCC2)cc1. The van der Waals surface area contributed by atoms with Gasteiger partial charge >= 0.3 is 0 Å². The molecule has 1 aliphatic rings. The van der Waals surface area contributed by atoms with Crippen LogP contribution in [-0.4, -0.2) is 42.3 Å². The molecule has 1 aliphatic heterocycles. The molecule has 4 nitrogen and oxygen atoms in total. The summed E-state index contributed by atoms with van der Waals surface area (Å²) in [6, 6.07) is 8.57. The Morgan fingerprint density at radius 3 is 2.58 bits per heavy atom. The second-order valence-electron chi connectivity index (χ2n) is 6.25. The van der Waals surface area contributed by atoms with Gasteiger partial charge in [0.25, 0.3) is 0 Å². The lowest BCUT2D eigenvalue weighted by molar-refractivity contribution is 0.0369. The molecule has 130 valence electrons. The maximum Gasteiger partial charge on any atom is 0.190 e. The molecule has 3 rings (SSSR count). The summed E-state index contributed by atoms with van der Waals surface area (Å²) in [5.74, 6) is 0. The quantitative estimate of drug-likeness (QED) is 0.803. The summed E-state index contributed by atoms with van der Waals surface area (Å²) < 4.78 is 7.76. The molecule has 0 spiro atoms. The summed E-state index contributed by atoms with van der Waals surface area (Å²) in [6.45, 7) is 10.4. The highest BCUT2D eigenvalue weighted by Crippen LogP contribution is 2.13. The van der Waals surface area contributed by atoms with Crippen molar-refractivity contribution in [3.05, 3.63) is 45.7 Å². The predicted molar refractivity (Wildman–Crippen MR) is 100.0 cm³/mol. The zero-order valence-electron chi connectivity index (χ0n) is 14.7. The molecule has 0 unspecified atom stereocenters. The Kier molecular flexibility index (Phi) is 6.24. The van der Waals surface area contributed by atoms with Gasteiger partial charge in [0.1, 0.15) is 0 Å². The number of hydrogen-bond acceptors (Lipinski definition) is 4. The lowest BCUT2D eigenvalue weighted by atomic mass is 10.2. The summed E-state index contributed by atoms with van der Waals surface area (Å²) in [5.41, 5.74) is 3.69. The van der Waals surface area contributed by atoms with Crippen molar-refractivity contribution in [2.24, 2.45) is 4.99 Å². The van der Waals surface area contributed by atoms with E-state index in [4.69, 9.17) is 9.73 Å². The number of aryl methyl sites for hydroxylation is 2. The Balaban J connectivity index is 1.67. The van der Waals surface area contributed by atoms with Gasteiger partial charge in [0.15, 0.2) is 4.80 Å². The molecular weight excluding hydrogens is 318 g/mol. The Hall–Kier alpha value is -1.43. The first-order valence-corrected chi connectivity index (χ1v) is 9.73. The molecule has 2 heterocycles. The molecule has 0 saturated carbocycles. The van der Waals surface area contributed by atoms with E-state index in [1.165, 1.54) is 11.3 Å². The van der Waals surface area contributed by atoms with Crippen LogP contribution >= 0.6 is 11.3 Å². The molecular formula is C19H27N3OS. The number of rotatable bonds is 6. The number of ether oxygens (including phenoxy) is 1. The fourth-order valence-electron chi connectivity index (χ4n) is 2.97. The van der Waals surface area contributed by atoms with E-state index < -0.39 is 0 Å². The number of aromatic nitrogens is 1. The molecule has 0 atom stereocenters. The van der Waals surface area contributed by atoms with Gasteiger partial charge in [-0.3, -0.25) is 4.90 Å². The van der Waals surface area contributed by atoms with E-state index >= 15 is 0 Å². The van der Waals surface area contributed by atoms with Crippen molar-refractivity contribution in [2.75, 3.05) is 32.8 Å². The van der Waals surface area contributed by atoms with E-state index in [0.29, 0.717) is 0 Å². The average molecular weight is 346 g/mol. The second kappa shape index (κ2) is 8.60. The van der Waals surface area contributed by atoms with Gasteiger partial charge in [0.05, 0.1) is 18.9 Å². The van der Waals surface area contributed by atoms with E-state index in [-0.39, 0.29) is 0 Å². The number of morpholine rings is 1. The van der Waals surface area contributed by atoms with Crippen molar-refractivity contribution in [1.82, 2.24) is 9.47 Å². The first-order chi connectivity index (χ1) is 11.8. The van der Waals surface area contributed by atoms with Gasteiger partial charge in [-0.25, -0.2) is 4.99 Å². The average Bonchev–Trinajstić information content (AvgIpc) is 2.97. The molecule has 1 aromatic heterocycles. The van der Waals surface area contributed by atoms with Gasteiger partial charge in [0.2, 0.25) is 0 Å².